The third-order valence-electron chi connectivity index (χ3n) is 5.56. The molecule has 0 spiro atoms. The van der Waals surface area contributed by atoms with Crippen LogP contribution in [0.3, 0.4) is 0 Å². The van der Waals surface area contributed by atoms with Crippen LogP contribution in [0, 0.1) is 0 Å². The summed E-state index contributed by atoms with van der Waals surface area (Å²) in [6, 6.07) is 8.21. The van der Waals surface area contributed by atoms with E-state index in [0.717, 1.165) is 22.6 Å². The molecule has 6 heteroatoms. The Bertz CT molecular complexity index is 736. The van der Waals surface area contributed by atoms with Crippen molar-refractivity contribution in [3.63, 3.8) is 0 Å². The predicted molar refractivity (Wildman–Crippen MR) is 112 cm³/mol. The molecule has 0 aromatic carbocycles. The van der Waals surface area contributed by atoms with Crippen molar-refractivity contribution in [1.29, 1.82) is 0 Å². The van der Waals surface area contributed by atoms with Crippen LogP contribution in [0.2, 0.25) is 0 Å². The maximum Gasteiger partial charge on any atom is 0.245 e. The van der Waals surface area contributed by atoms with Crippen molar-refractivity contribution >= 4 is 34.5 Å². The number of hydrogen-bond acceptors (Lipinski definition) is 4. The van der Waals surface area contributed by atoms with E-state index in [1.165, 1.54) is 12.8 Å². The fourth-order valence-electron chi connectivity index (χ4n) is 3.64. The van der Waals surface area contributed by atoms with Crippen LogP contribution in [-0.4, -0.2) is 28.3 Å². The molecule has 0 bridgehead atoms. The van der Waals surface area contributed by atoms with Gasteiger partial charge >= 0.3 is 0 Å². The summed E-state index contributed by atoms with van der Waals surface area (Å²) >= 11 is 3.21. The zero-order chi connectivity index (χ0) is 19.3. The number of thiophene rings is 2. The van der Waals surface area contributed by atoms with E-state index in [0.29, 0.717) is 19.4 Å². The number of rotatable bonds is 8. The number of amides is 2. The van der Waals surface area contributed by atoms with E-state index in [4.69, 9.17) is 0 Å². The molecule has 3 rings (SSSR count). The lowest BCUT2D eigenvalue weighted by Gasteiger charge is -2.40. The van der Waals surface area contributed by atoms with Crippen LogP contribution in [0.5, 0.6) is 0 Å². The molecule has 1 atom stereocenters. The van der Waals surface area contributed by atoms with Crippen LogP contribution in [0.25, 0.3) is 0 Å². The van der Waals surface area contributed by atoms with E-state index in [-0.39, 0.29) is 17.9 Å². The Morgan fingerprint density at radius 1 is 1.15 bits per heavy atom. The molecule has 1 saturated carbocycles. The van der Waals surface area contributed by atoms with Gasteiger partial charge in [0.05, 0.1) is 13.0 Å². The van der Waals surface area contributed by atoms with Crippen LogP contribution in [-0.2, 0) is 22.6 Å². The minimum Gasteiger partial charge on any atom is -0.351 e. The standard InChI is InChI=1S/C21H28N2O2S2/c1-3-21(2,20(25)22-16-8-4-5-9-16)23(15-18-11-7-13-27-18)19(24)14-17-10-6-12-26-17/h6-7,10-13,16H,3-5,8-9,14-15H2,1-2H3,(H,22,25)/t21-/m0/s1. The Balaban J connectivity index is 1.82. The third-order valence-corrected chi connectivity index (χ3v) is 7.30. The normalized spacial score (nSPS) is 16.8. The van der Waals surface area contributed by atoms with Crippen molar-refractivity contribution in [3.05, 3.63) is 44.8 Å². The van der Waals surface area contributed by atoms with Crippen LogP contribution in [0.4, 0.5) is 0 Å². The first-order chi connectivity index (χ1) is 13.0. The topological polar surface area (TPSA) is 49.4 Å². The van der Waals surface area contributed by atoms with Gasteiger partial charge in [0.15, 0.2) is 0 Å². The summed E-state index contributed by atoms with van der Waals surface area (Å²) in [6.45, 7) is 4.38. The Labute approximate surface area is 169 Å². The number of carbonyl (C=O) groups is 2. The maximum atomic E-state index is 13.2. The van der Waals surface area contributed by atoms with E-state index < -0.39 is 5.54 Å². The summed E-state index contributed by atoms with van der Waals surface area (Å²) < 4.78 is 0. The predicted octanol–water partition coefficient (Wildman–Crippen LogP) is 4.61. The maximum absolute atomic E-state index is 13.2. The molecule has 0 aliphatic heterocycles. The summed E-state index contributed by atoms with van der Waals surface area (Å²) in [6.07, 6.45) is 5.36. The highest BCUT2D eigenvalue weighted by Crippen LogP contribution is 2.27. The molecule has 146 valence electrons. The summed E-state index contributed by atoms with van der Waals surface area (Å²) in [5, 5.41) is 7.21. The molecule has 27 heavy (non-hydrogen) atoms. The van der Waals surface area contributed by atoms with Crippen LogP contribution in [0.1, 0.15) is 55.7 Å². The fourth-order valence-corrected chi connectivity index (χ4v) is 5.03. The molecule has 1 fully saturated rings. The average molecular weight is 405 g/mol. The quantitative estimate of drug-likeness (QED) is 0.698. The van der Waals surface area contributed by atoms with Gasteiger partial charge < -0.3 is 10.2 Å². The van der Waals surface area contributed by atoms with Gasteiger partial charge in [-0.1, -0.05) is 31.9 Å². The molecule has 2 aromatic heterocycles. The first-order valence-corrected chi connectivity index (χ1v) is 11.4. The van der Waals surface area contributed by atoms with Gasteiger partial charge in [-0.2, -0.15) is 0 Å². The van der Waals surface area contributed by atoms with Gasteiger partial charge in [0.25, 0.3) is 0 Å². The van der Waals surface area contributed by atoms with Crippen molar-refractivity contribution in [1.82, 2.24) is 10.2 Å². The minimum atomic E-state index is -0.846. The van der Waals surface area contributed by atoms with Gasteiger partial charge in [-0.15, -0.1) is 22.7 Å². The Morgan fingerprint density at radius 3 is 2.33 bits per heavy atom. The molecular weight excluding hydrogens is 376 g/mol. The number of hydrogen-bond donors (Lipinski definition) is 1. The molecule has 2 heterocycles. The SMILES string of the molecule is CC[C@@](C)(C(=O)NC1CCCC1)N(Cc1cccs1)C(=O)Cc1cccs1. The molecule has 2 amide bonds. The summed E-state index contributed by atoms with van der Waals surface area (Å²) in [5.74, 6) is -0.00948. The largest absolute Gasteiger partial charge is 0.351 e. The monoisotopic (exact) mass is 404 g/mol. The second kappa shape index (κ2) is 9.02. The lowest BCUT2D eigenvalue weighted by atomic mass is 9.93. The van der Waals surface area contributed by atoms with Gasteiger partial charge in [-0.25, -0.2) is 0 Å². The van der Waals surface area contributed by atoms with Crippen LogP contribution in [0.15, 0.2) is 35.0 Å². The smallest absolute Gasteiger partial charge is 0.245 e. The minimum absolute atomic E-state index is 0.0109. The van der Waals surface area contributed by atoms with Crippen LogP contribution >= 0.6 is 22.7 Å². The number of nitrogens with zero attached hydrogens (tertiary/aromatic N) is 1. The molecular formula is C21H28N2O2S2. The highest BCUT2D eigenvalue weighted by molar-refractivity contribution is 7.10. The number of nitrogens with one attached hydrogen (secondary N) is 1. The third kappa shape index (κ3) is 4.79. The molecule has 2 aromatic rings. The first-order valence-electron chi connectivity index (χ1n) is 9.69. The van der Waals surface area contributed by atoms with Crippen LogP contribution < -0.4 is 5.32 Å². The van der Waals surface area contributed by atoms with Gasteiger partial charge in [-0.05, 0) is 49.1 Å². The highest BCUT2D eigenvalue weighted by Gasteiger charge is 2.41. The molecule has 0 unspecified atom stereocenters. The van der Waals surface area contributed by atoms with Gasteiger partial charge in [0, 0.05) is 15.8 Å². The zero-order valence-electron chi connectivity index (χ0n) is 16.1. The second-order valence-electron chi connectivity index (χ2n) is 7.40. The van der Waals surface area contributed by atoms with E-state index in [2.05, 4.69) is 5.32 Å². The van der Waals surface area contributed by atoms with E-state index >= 15 is 0 Å². The van der Waals surface area contributed by atoms with Crippen molar-refractivity contribution in [2.75, 3.05) is 0 Å². The Morgan fingerprint density at radius 2 is 1.78 bits per heavy atom. The van der Waals surface area contributed by atoms with Gasteiger partial charge in [-0.3, -0.25) is 9.59 Å². The zero-order valence-corrected chi connectivity index (χ0v) is 17.7. The molecule has 0 saturated heterocycles. The molecule has 4 nitrogen and oxygen atoms in total. The van der Waals surface area contributed by atoms with Gasteiger partial charge in [0.2, 0.25) is 11.8 Å². The molecule has 1 aliphatic carbocycles. The molecule has 0 radical (unpaired) electrons. The summed E-state index contributed by atoms with van der Waals surface area (Å²) in [5.41, 5.74) is -0.846. The molecule has 1 N–H and O–H groups in total. The highest BCUT2D eigenvalue weighted by atomic mass is 32.1. The molecule has 1 aliphatic rings. The van der Waals surface area contributed by atoms with E-state index in [9.17, 15) is 9.59 Å². The lowest BCUT2D eigenvalue weighted by Crippen LogP contribution is -2.59. The van der Waals surface area contributed by atoms with Crippen molar-refractivity contribution < 1.29 is 9.59 Å². The van der Waals surface area contributed by atoms with E-state index in [1.807, 2.05) is 48.9 Å². The lowest BCUT2D eigenvalue weighted by molar-refractivity contribution is -0.148. The van der Waals surface area contributed by atoms with Crippen molar-refractivity contribution in [2.45, 2.75) is 70.5 Å². The fraction of sp³-hybridized carbons (Fsp3) is 0.524. The van der Waals surface area contributed by atoms with Gasteiger partial charge in [0.1, 0.15) is 5.54 Å². The summed E-state index contributed by atoms with van der Waals surface area (Å²) in [7, 11) is 0. The summed E-state index contributed by atoms with van der Waals surface area (Å²) in [4.78, 5) is 30.4. The van der Waals surface area contributed by atoms with E-state index in [1.54, 1.807) is 27.6 Å². The Kier molecular flexibility index (Phi) is 6.71. The second-order valence-corrected chi connectivity index (χ2v) is 9.46. The number of carbonyl (C=O) groups excluding carboxylic acids is 2. The van der Waals surface area contributed by atoms with Crippen molar-refractivity contribution in [3.8, 4) is 0 Å². The Hall–Kier alpha value is -1.66. The average Bonchev–Trinajstić information content (AvgIpc) is 3.42. The van der Waals surface area contributed by atoms with Crippen molar-refractivity contribution in [2.24, 2.45) is 0 Å². The first kappa shape index (κ1) is 20.1.